The Morgan fingerprint density at radius 2 is 2.25 bits per heavy atom. The van der Waals surface area contributed by atoms with E-state index in [0.717, 1.165) is 17.7 Å². The zero-order valence-electron chi connectivity index (χ0n) is 11.2. The Bertz CT molecular complexity index is 660. The van der Waals surface area contributed by atoms with Crippen molar-refractivity contribution in [2.45, 2.75) is 31.3 Å². The summed E-state index contributed by atoms with van der Waals surface area (Å²) in [4.78, 5) is 2.84. The number of hydrogen-bond acceptors (Lipinski definition) is 4. The maximum Gasteiger partial charge on any atom is 0.242 e. The quantitative estimate of drug-likeness (QED) is 0.556. The average Bonchev–Trinajstić information content (AvgIpc) is 3.04. The van der Waals surface area contributed by atoms with Crippen molar-refractivity contribution >= 4 is 10.0 Å². The molecule has 0 radical (unpaired) electrons. The number of H-pyrrole nitrogens is 2. The molecule has 2 heterocycles. The summed E-state index contributed by atoms with van der Waals surface area (Å²) >= 11 is 0. The zero-order chi connectivity index (χ0) is 14.6. The minimum Gasteiger partial charge on any atom is -0.390 e. The molecule has 0 aliphatic rings. The maximum atomic E-state index is 12.0. The molecule has 110 valence electrons. The van der Waals surface area contributed by atoms with Crippen LogP contribution in [-0.4, -0.2) is 35.3 Å². The van der Waals surface area contributed by atoms with E-state index in [9.17, 15) is 8.42 Å². The van der Waals surface area contributed by atoms with Crippen molar-refractivity contribution in [3.05, 3.63) is 35.4 Å². The van der Waals surface area contributed by atoms with Gasteiger partial charge in [0.2, 0.25) is 10.0 Å². The van der Waals surface area contributed by atoms with E-state index in [-0.39, 0.29) is 11.5 Å². The van der Waals surface area contributed by atoms with Crippen molar-refractivity contribution in [1.82, 2.24) is 19.9 Å². The molecular weight excluding hydrogens is 280 g/mol. The fourth-order valence-corrected chi connectivity index (χ4v) is 2.95. The number of rotatable bonds is 7. The molecule has 0 aliphatic heterocycles. The van der Waals surface area contributed by atoms with Crippen molar-refractivity contribution in [3.63, 3.8) is 0 Å². The van der Waals surface area contributed by atoms with Crippen LogP contribution < -0.4 is 4.72 Å². The highest BCUT2D eigenvalue weighted by molar-refractivity contribution is 7.89. The Labute approximate surface area is 117 Å². The van der Waals surface area contributed by atoms with Gasteiger partial charge in [-0.05, 0) is 31.4 Å². The van der Waals surface area contributed by atoms with Crippen LogP contribution in [-0.2, 0) is 23.1 Å². The molecule has 0 aliphatic carbocycles. The van der Waals surface area contributed by atoms with Crippen molar-refractivity contribution in [2.75, 3.05) is 6.54 Å². The van der Waals surface area contributed by atoms with Crippen LogP contribution in [0.25, 0.3) is 0 Å². The molecule has 0 bridgehead atoms. The minimum absolute atomic E-state index is 0.140. The van der Waals surface area contributed by atoms with Crippen molar-refractivity contribution < 1.29 is 13.5 Å². The minimum atomic E-state index is -3.52. The molecule has 4 N–H and O–H groups in total. The van der Waals surface area contributed by atoms with Crippen LogP contribution in [0.4, 0.5) is 0 Å². The van der Waals surface area contributed by atoms with Gasteiger partial charge in [0.1, 0.15) is 0 Å². The van der Waals surface area contributed by atoms with Crippen molar-refractivity contribution in [3.8, 4) is 0 Å². The second-order valence-electron chi connectivity index (χ2n) is 4.54. The Morgan fingerprint density at radius 3 is 2.85 bits per heavy atom. The van der Waals surface area contributed by atoms with Gasteiger partial charge in [0.15, 0.2) is 0 Å². The zero-order valence-corrected chi connectivity index (χ0v) is 12.0. The number of aliphatic hydroxyl groups excluding tert-OH is 1. The van der Waals surface area contributed by atoms with Crippen LogP contribution >= 0.6 is 0 Å². The third-order valence-electron chi connectivity index (χ3n) is 3.05. The lowest BCUT2D eigenvalue weighted by molar-refractivity contribution is 0.277. The van der Waals surface area contributed by atoms with Gasteiger partial charge in [-0.3, -0.25) is 5.10 Å². The van der Waals surface area contributed by atoms with E-state index in [1.807, 2.05) is 6.92 Å². The fraction of sp³-hybridized carbons (Fsp3) is 0.417. The molecule has 8 heteroatoms. The monoisotopic (exact) mass is 298 g/mol. The molecule has 2 rings (SSSR count). The lowest BCUT2D eigenvalue weighted by Gasteiger charge is -2.04. The molecule has 0 amide bonds. The molecule has 0 spiro atoms. The number of nitrogens with one attached hydrogen (secondary N) is 3. The average molecular weight is 298 g/mol. The summed E-state index contributed by atoms with van der Waals surface area (Å²) in [6.07, 6.45) is 4.58. The first-order valence-corrected chi connectivity index (χ1v) is 7.78. The summed E-state index contributed by atoms with van der Waals surface area (Å²) in [5.74, 6) is 0. The summed E-state index contributed by atoms with van der Waals surface area (Å²) in [6.45, 7) is 2.07. The SMILES string of the molecule is Cc1[nH]ncc1CCCNS(=O)(=O)c1c[nH]c(CO)c1. The van der Waals surface area contributed by atoms with E-state index in [2.05, 4.69) is 19.9 Å². The molecule has 20 heavy (non-hydrogen) atoms. The normalized spacial score (nSPS) is 11.9. The maximum absolute atomic E-state index is 12.0. The smallest absolute Gasteiger partial charge is 0.242 e. The van der Waals surface area contributed by atoms with Gasteiger partial charge in [-0.1, -0.05) is 0 Å². The van der Waals surface area contributed by atoms with Crippen molar-refractivity contribution in [1.29, 1.82) is 0 Å². The molecule has 0 saturated carbocycles. The van der Waals surface area contributed by atoms with Crippen molar-refractivity contribution in [2.24, 2.45) is 0 Å². The van der Waals surface area contributed by atoms with Crippen LogP contribution in [0.2, 0.25) is 0 Å². The highest BCUT2D eigenvalue weighted by atomic mass is 32.2. The molecular formula is C12H18N4O3S. The highest BCUT2D eigenvalue weighted by Crippen LogP contribution is 2.11. The summed E-state index contributed by atoms with van der Waals surface area (Å²) in [5.41, 5.74) is 2.57. The number of aryl methyl sites for hydroxylation is 2. The number of sulfonamides is 1. The lowest BCUT2D eigenvalue weighted by atomic mass is 10.1. The molecule has 2 aromatic rings. The third-order valence-corrected chi connectivity index (χ3v) is 4.49. The molecule has 0 fully saturated rings. The molecule has 0 aromatic carbocycles. The number of nitrogens with zero attached hydrogens (tertiary/aromatic N) is 1. The summed E-state index contributed by atoms with van der Waals surface area (Å²) in [5, 5.41) is 15.7. The van der Waals surface area contributed by atoms with Gasteiger partial charge >= 0.3 is 0 Å². The van der Waals surface area contributed by atoms with E-state index in [4.69, 9.17) is 5.11 Å². The molecule has 7 nitrogen and oxygen atoms in total. The van der Waals surface area contributed by atoms with Gasteiger partial charge < -0.3 is 10.1 Å². The fourth-order valence-electron chi connectivity index (χ4n) is 1.86. The summed E-state index contributed by atoms with van der Waals surface area (Å²) < 4.78 is 26.5. The first-order valence-electron chi connectivity index (χ1n) is 6.29. The molecule has 2 aromatic heterocycles. The topological polar surface area (TPSA) is 111 Å². The van der Waals surface area contributed by atoms with E-state index < -0.39 is 10.0 Å². The third kappa shape index (κ3) is 3.47. The molecule has 0 atom stereocenters. The standard InChI is InChI=1S/C12H18N4O3S/c1-9-10(6-14-16-9)3-2-4-15-20(18,19)12-5-11(8-17)13-7-12/h5-7,13,15,17H,2-4,8H2,1H3,(H,14,16). The van der Waals surface area contributed by atoms with Gasteiger partial charge in [-0.25, -0.2) is 13.1 Å². The Kier molecular flexibility index (Phi) is 4.58. The summed E-state index contributed by atoms with van der Waals surface area (Å²) in [6, 6.07) is 1.42. The van der Waals surface area contributed by atoms with Gasteiger partial charge in [0.05, 0.1) is 17.7 Å². The number of aliphatic hydroxyl groups is 1. The summed E-state index contributed by atoms with van der Waals surface area (Å²) in [7, 11) is -3.52. The second-order valence-corrected chi connectivity index (χ2v) is 6.31. The lowest BCUT2D eigenvalue weighted by Crippen LogP contribution is -2.24. The van der Waals surface area contributed by atoms with E-state index in [1.165, 1.54) is 12.3 Å². The first-order chi connectivity index (χ1) is 9.53. The predicted octanol–water partition coefficient (Wildman–Crippen LogP) is 0.450. The number of aromatic amines is 2. The van der Waals surface area contributed by atoms with Gasteiger partial charge in [-0.2, -0.15) is 5.10 Å². The van der Waals surface area contributed by atoms with Gasteiger partial charge in [-0.15, -0.1) is 0 Å². The van der Waals surface area contributed by atoms with Crippen LogP contribution in [0.5, 0.6) is 0 Å². The predicted molar refractivity (Wildman–Crippen MR) is 73.5 cm³/mol. The van der Waals surface area contributed by atoms with Gasteiger partial charge in [0, 0.05) is 24.1 Å². The van der Waals surface area contributed by atoms with Crippen LogP contribution in [0, 0.1) is 6.92 Å². The van der Waals surface area contributed by atoms with Gasteiger partial charge in [0.25, 0.3) is 0 Å². The number of hydrogen-bond donors (Lipinski definition) is 4. The van der Waals surface area contributed by atoms with E-state index in [0.29, 0.717) is 18.7 Å². The molecule has 0 unspecified atom stereocenters. The molecule has 0 saturated heterocycles. The Balaban J connectivity index is 1.85. The first kappa shape index (κ1) is 14.8. The number of aromatic nitrogens is 3. The highest BCUT2D eigenvalue weighted by Gasteiger charge is 2.15. The van der Waals surface area contributed by atoms with Crippen LogP contribution in [0.15, 0.2) is 23.4 Å². The Hall–Kier alpha value is -1.64. The largest absolute Gasteiger partial charge is 0.390 e. The van der Waals surface area contributed by atoms with Crippen LogP contribution in [0.1, 0.15) is 23.4 Å². The van der Waals surface area contributed by atoms with E-state index in [1.54, 1.807) is 6.20 Å². The second kappa shape index (κ2) is 6.21. The van der Waals surface area contributed by atoms with Crippen LogP contribution in [0.3, 0.4) is 0 Å². The Morgan fingerprint density at radius 1 is 1.45 bits per heavy atom. The van der Waals surface area contributed by atoms with E-state index >= 15 is 0 Å².